The van der Waals surface area contributed by atoms with Gasteiger partial charge in [-0.2, -0.15) is 0 Å². The summed E-state index contributed by atoms with van der Waals surface area (Å²) in [5.74, 6) is 0.421. The van der Waals surface area contributed by atoms with Gasteiger partial charge in [0, 0.05) is 18.3 Å². The van der Waals surface area contributed by atoms with Crippen LogP contribution in [-0.2, 0) is 0 Å². The third-order valence-corrected chi connectivity index (χ3v) is 2.55. The SMILES string of the molecule is CCC=NC(=N)N1CCCC1(C)C. The van der Waals surface area contributed by atoms with Crippen molar-refractivity contribution in [2.75, 3.05) is 6.54 Å². The Morgan fingerprint density at radius 3 is 2.77 bits per heavy atom. The number of nitrogens with zero attached hydrogens (tertiary/aromatic N) is 2. The lowest BCUT2D eigenvalue weighted by Gasteiger charge is -2.31. The summed E-state index contributed by atoms with van der Waals surface area (Å²) in [7, 11) is 0. The van der Waals surface area contributed by atoms with Crippen LogP contribution in [-0.4, -0.2) is 29.2 Å². The highest BCUT2D eigenvalue weighted by Crippen LogP contribution is 2.28. The topological polar surface area (TPSA) is 39.5 Å². The van der Waals surface area contributed by atoms with E-state index in [9.17, 15) is 0 Å². The van der Waals surface area contributed by atoms with E-state index in [4.69, 9.17) is 5.41 Å². The number of hydrogen-bond acceptors (Lipinski definition) is 1. The fourth-order valence-corrected chi connectivity index (χ4v) is 1.75. The Bertz CT molecular complexity index is 218. The zero-order valence-electron chi connectivity index (χ0n) is 8.80. The Kier molecular flexibility index (Phi) is 3.07. The first-order chi connectivity index (χ1) is 6.08. The summed E-state index contributed by atoms with van der Waals surface area (Å²) < 4.78 is 0. The fraction of sp³-hybridized carbons (Fsp3) is 0.800. The minimum absolute atomic E-state index is 0.127. The van der Waals surface area contributed by atoms with Crippen LogP contribution in [0.3, 0.4) is 0 Å². The second-order valence-corrected chi connectivity index (χ2v) is 4.11. The van der Waals surface area contributed by atoms with Crippen molar-refractivity contribution in [2.24, 2.45) is 4.99 Å². The molecule has 0 aliphatic carbocycles. The summed E-state index contributed by atoms with van der Waals surface area (Å²) >= 11 is 0. The molecule has 0 aromatic heterocycles. The Balaban J connectivity index is 2.61. The number of hydrogen-bond donors (Lipinski definition) is 1. The van der Waals surface area contributed by atoms with Crippen molar-refractivity contribution in [1.82, 2.24) is 4.90 Å². The van der Waals surface area contributed by atoms with Gasteiger partial charge in [0.15, 0.2) is 0 Å². The molecule has 74 valence electrons. The Morgan fingerprint density at radius 2 is 2.31 bits per heavy atom. The molecule has 0 unspecified atom stereocenters. The lowest BCUT2D eigenvalue weighted by atomic mass is 10.0. The summed E-state index contributed by atoms with van der Waals surface area (Å²) in [4.78, 5) is 6.19. The molecule has 1 saturated heterocycles. The van der Waals surface area contributed by atoms with Crippen molar-refractivity contribution in [1.29, 1.82) is 5.41 Å². The number of rotatable bonds is 1. The van der Waals surface area contributed by atoms with Crippen LogP contribution in [0.1, 0.15) is 40.0 Å². The standard InChI is InChI=1S/C10H19N3/c1-4-7-12-9(11)13-8-5-6-10(13,2)3/h7,11H,4-6,8H2,1-3H3. The minimum Gasteiger partial charge on any atom is -0.336 e. The first kappa shape index (κ1) is 10.2. The first-order valence-electron chi connectivity index (χ1n) is 4.96. The third kappa shape index (κ3) is 2.29. The minimum atomic E-state index is 0.127. The lowest BCUT2D eigenvalue weighted by Crippen LogP contribution is -2.41. The van der Waals surface area contributed by atoms with Crippen molar-refractivity contribution < 1.29 is 0 Å². The van der Waals surface area contributed by atoms with Crippen LogP contribution in [0.5, 0.6) is 0 Å². The average Bonchev–Trinajstić information content (AvgIpc) is 2.41. The highest BCUT2D eigenvalue weighted by molar-refractivity contribution is 5.86. The quantitative estimate of drug-likeness (QED) is 0.489. The van der Waals surface area contributed by atoms with E-state index in [0.29, 0.717) is 5.96 Å². The molecule has 1 N–H and O–H groups in total. The normalized spacial score (nSPS) is 21.3. The molecule has 0 saturated carbocycles. The number of aliphatic imine (C=N–C) groups is 1. The van der Waals surface area contributed by atoms with Gasteiger partial charge in [-0.05, 0) is 33.1 Å². The maximum absolute atomic E-state index is 7.77. The van der Waals surface area contributed by atoms with Crippen molar-refractivity contribution in [3.05, 3.63) is 0 Å². The molecule has 1 aliphatic rings. The molecule has 0 bridgehead atoms. The van der Waals surface area contributed by atoms with Gasteiger partial charge in [0.2, 0.25) is 5.96 Å². The van der Waals surface area contributed by atoms with Crippen molar-refractivity contribution in [3.63, 3.8) is 0 Å². The number of guanidine groups is 1. The average molecular weight is 181 g/mol. The van der Waals surface area contributed by atoms with Gasteiger partial charge in [-0.1, -0.05) is 6.92 Å². The van der Waals surface area contributed by atoms with Crippen LogP contribution in [0.25, 0.3) is 0 Å². The van der Waals surface area contributed by atoms with Gasteiger partial charge in [-0.15, -0.1) is 0 Å². The zero-order chi connectivity index (χ0) is 9.90. The monoisotopic (exact) mass is 181 g/mol. The zero-order valence-corrected chi connectivity index (χ0v) is 8.80. The molecule has 0 aromatic carbocycles. The molecule has 1 aliphatic heterocycles. The predicted octanol–water partition coefficient (Wildman–Crippen LogP) is 2.28. The molecule has 3 nitrogen and oxygen atoms in total. The molecule has 0 spiro atoms. The van der Waals surface area contributed by atoms with Gasteiger partial charge >= 0.3 is 0 Å². The van der Waals surface area contributed by atoms with E-state index >= 15 is 0 Å². The number of nitrogens with one attached hydrogen (secondary N) is 1. The molecule has 1 heterocycles. The summed E-state index contributed by atoms with van der Waals surface area (Å²) in [5.41, 5.74) is 0.127. The lowest BCUT2D eigenvalue weighted by molar-refractivity contribution is 0.278. The first-order valence-corrected chi connectivity index (χ1v) is 4.96. The molecular formula is C10H19N3. The van der Waals surface area contributed by atoms with Gasteiger partial charge in [0.05, 0.1) is 0 Å². The van der Waals surface area contributed by atoms with E-state index in [1.54, 1.807) is 6.21 Å². The second-order valence-electron chi connectivity index (χ2n) is 4.11. The molecule has 13 heavy (non-hydrogen) atoms. The van der Waals surface area contributed by atoms with Gasteiger partial charge in [0.1, 0.15) is 0 Å². The van der Waals surface area contributed by atoms with E-state index in [1.165, 1.54) is 6.42 Å². The van der Waals surface area contributed by atoms with Crippen molar-refractivity contribution in [3.8, 4) is 0 Å². The smallest absolute Gasteiger partial charge is 0.217 e. The van der Waals surface area contributed by atoms with E-state index < -0.39 is 0 Å². The predicted molar refractivity (Wildman–Crippen MR) is 56.5 cm³/mol. The molecule has 3 heteroatoms. The fourth-order valence-electron chi connectivity index (χ4n) is 1.75. The van der Waals surface area contributed by atoms with Gasteiger partial charge in [-0.3, -0.25) is 5.41 Å². The molecule has 0 amide bonds. The van der Waals surface area contributed by atoms with E-state index in [1.807, 2.05) is 6.92 Å². The molecule has 0 radical (unpaired) electrons. The summed E-state index contributed by atoms with van der Waals surface area (Å²) in [5, 5.41) is 7.77. The van der Waals surface area contributed by atoms with Gasteiger partial charge < -0.3 is 4.90 Å². The van der Waals surface area contributed by atoms with E-state index in [0.717, 1.165) is 19.4 Å². The largest absolute Gasteiger partial charge is 0.336 e. The Hall–Kier alpha value is -0.860. The molecule has 0 atom stereocenters. The maximum atomic E-state index is 7.77. The van der Waals surface area contributed by atoms with Crippen LogP contribution in [0, 0.1) is 5.41 Å². The summed E-state index contributed by atoms with van der Waals surface area (Å²) in [6.45, 7) is 7.37. The highest BCUT2D eigenvalue weighted by Gasteiger charge is 2.33. The van der Waals surface area contributed by atoms with Crippen molar-refractivity contribution >= 4 is 12.2 Å². The Morgan fingerprint density at radius 1 is 1.62 bits per heavy atom. The Labute approximate surface area is 80.4 Å². The molecule has 0 aromatic rings. The molecule has 1 rings (SSSR count). The van der Waals surface area contributed by atoms with Crippen molar-refractivity contribution in [2.45, 2.75) is 45.6 Å². The van der Waals surface area contributed by atoms with Gasteiger partial charge in [0.25, 0.3) is 0 Å². The maximum Gasteiger partial charge on any atom is 0.217 e. The highest BCUT2D eigenvalue weighted by atomic mass is 15.3. The van der Waals surface area contributed by atoms with E-state index in [-0.39, 0.29) is 5.54 Å². The van der Waals surface area contributed by atoms with Crippen LogP contribution >= 0.6 is 0 Å². The van der Waals surface area contributed by atoms with Crippen LogP contribution in [0.15, 0.2) is 4.99 Å². The van der Waals surface area contributed by atoms with Gasteiger partial charge in [-0.25, -0.2) is 4.99 Å². The summed E-state index contributed by atoms with van der Waals surface area (Å²) in [6.07, 6.45) is 5.04. The van der Waals surface area contributed by atoms with Crippen LogP contribution < -0.4 is 0 Å². The summed E-state index contributed by atoms with van der Waals surface area (Å²) in [6, 6.07) is 0. The third-order valence-electron chi connectivity index (χ3n) is 2.55. The van der Waals surface area contributed by atoms with Crippen LogP contribution in [0.4, 0.5) is 0 Å². The number of likely N-dealkylation sites (tertiary alicyclic amines) is 1. The molecular weight excluding hydrogens is 162 g/mol. The molecule has 1 fully saturated rings. The second kappa shape index (κ2) is 3.90. The van der Waals surface area contributed by atoms with Crippen LogP contribution in [0.2, 0.25) is 0 Å². The van der Waals surface area contributed by atoms with E-state index in [2.05, 4.69) is 23.7 Å².